The summed E-state index contributed by atoms with van der Waals surface area (Å²) in [7, 11) is 1.58. The van der Waals surface area contributed by atoms with Gasteiger partial charge in [0.05, 0.1) is 12.6 Å². The van der Waals surface area contributed by atoms with Gasteiger partial charge in [-0.15, -0.1) is 0 Å². The third kappa shape index (κ3) is 5.89. The Labute approximate surface area is 173 Å². The molecule has 158 valence electrons. The van der Waals surface area contributed by atoms with Gasteiger partial charge in [0.2, 0.25) is 5.75 Å². The highest BCUT2D eigenvalue weighted by molar-refractivity contribution is 5.88. The first-order valence-electron chi connectivity index (χ1n) is 10.2. The lowest BCUT2D eigenvalue weighted by Gasteiger charge is -2.15. The molecule has 2 aromatic rings. The molecule has 0 saturated carbocycles. The molecule has 1 aromatic heterocycles. The van der Waals surface area contributed by atoms with E-state index in [-0.39, 0.29) is 23.7 Å². The monoisotopic (exact) mass is 399 g/mol. The van der Waals surface area contributed by atoms with Crippen LogP contribution in [0.3, 0.4) is 0 Å². The van der Waals surface area contributed by atoms with E-state index in [1.165, 1.54) is 11.1 Å². The van der Waals surface area contributed by atoms with Gasteiger partial charge in [0.1, 0.15) is 12.4 Å². The van der Waals surface area contributed by atoms with Crippen molar-refractivity contribution in [3.8, 4) is 17.2 Å². The van der Waals surface area contributed by atoms with Crippen molar-refractivity contribution in [2.45, 2.75) is 59.9 Å². The summed E-state index contributed by atoms with van der Waals surface area (Å²) in [5.41, 5.74) is 2.84. The van der Waals surface area contributed by atoms with Crippen LogP contribution in [0.1, 0.15) is 53.4 Å². The summed E-state index contributed by atoms with van der Waals surface area (Å²) in [5.74, 6) is 0.535. The van der Waals surface area contributed by atoms with Crippen LogP contribution in [0.2, 0.25) is 0 Å². The number of allylic oxidation sites excluding steroid dienone is 3. The number of ether oxygens (including phenoxy) is 2. The van der Waals surface area contributed by atoms with Crippen molar-refractivity contribution in [1.29, 1.82) is 0 Å². The van der Waals surface area contributed by atoms with Crippen molar-refractivity contribution in [2.24, 2.45) is 0 Å². The number of hydrogen-bond donors (Lipinski definition) is 1. The molecular weight excluding hydrogens is 366 g/mol. The van der Waals surface area contributed by atoms with Crippen LogP contribution in [-0.4, -0.2) is 23.4 Å². The Morgan fingerprint density at radius 3 is 2.62 bits per heavy atom. The van der Waals surface area contributed by atoms with Gasteiger partial charge in [-0.2, -0.15) is 0 Å². The van der Waals surface area contributed by atoms with Crippen LogP contribution < -0.4 is 15.0 Å². The van der Waals surface area contributed by atoms with E-state index >= 15 is 0 Å². The highest BCUT2D eigenvalue weighted by atomic mass is 16.5. The number of rotatable bonds is 10. The molecule has 0 aliphatic rings. The third-order valence-electron chi connectivity index (χ3n) is 4.89. The Hall–Kier alpha value is -2.69. The summed E-state index contributed by atoms with van der Waals surface area (Å²) in [6, 6.07) is 5.32. The molecule has 1 N–H and O–H groups in total. The zero-order valence-corrected chi connectivity index (χ0v) is 18.2. The minimum atomic E-state index is -0.313. The molecule has 0 aliphatic heterocycles. The molecule has 0 aliphatic carbocycles. The molecule has 0 unspecified atom stereocenters. The minimum absolute atomic E-state index is 0.00659. The highest BCUT2D eigenvalue weighted by Crippen LogP contribution is 2.33. The summed E-state index contributed by atoms with van der Waals surface area (Å²) in [5, 5.41) is 11.3. The Bertz CT molecular complexity index is 949. The number of hydrogen-bond acceptors (Lipinski definition) is 4. The maximum absolute atomic E-state index is 13.0. The quantitative estimate of drug-likeness (QED) is 0.529. The van der Waals surface area contributed by atoms with Crippen LogP contribution in [0, 0.1) is 0 Å². The Morgan fingerprint density at radius 2 is 1.97 bits per heavy atom. The number of unbranched alkanes of at least 4 members (excludes halogenated alkanes) is 1. The van der Waals surface area contributed by atoms with E-state index in [4.69, 9.17) is 9.47 Å². The molecule has 5 heteroatoms. The number of aromatic hydroxyl groups is 1. The van der Waals surface area contributed by atoms with Crippen molar-refractivity contribution >= 4 is 10.9 Å². The summed E-state index contributed by atoms with van der Waals surface area (Å²) < 4.78 is 12.7. The van der Waals surface area contributed by atoms with Gasteiger partial charge in [0.15, 0.2) is 5.75 Å². The van der Waals surface area contributed by atoms with Crippen LogP contribution >= 0.6 is 0 Å². The second-order valence-electron chi connectivity index (χ2n) is 7.55. The first-order chi connectivity index (χ1) is 13.9. The summed E-state index contributed by atoms with van der Waals surface area (Å²) in [4.78, 5) is 13.0. The molecule has 0 fully saturated rings. The van der Waals surface area contributed by atoms with Gasteiger partial charge in [-0.25, -0.2) is 0 Å². The Balaban J connectivity index is 2.33. The second kappa shape index (κ2) is 10.7. The van der Waals surface area contributed by atoms with Gasteiger partial charge >= 0.3 is 0 Å². The molecule has 2 rings (SSSR count). The van der Waals surface area contributed by atoms with E-state index in [1.807, 2.05) is 13.0 Å². The molecule has 0 saturated heterocycles. The van der Waals surface area contributed by atoms with E-state index < -0.39 is 0 Å². The van der Waals surface area contributed by atoms with Crippen LogP contribution in [0.25, 0.3) is 10.9 Å². The molecule has 1 heterocycles. The fourth-order valence-electron chi connectivity index (χ4n) is 3.14. The topological polar surface area (TPSA) is 60.7 Å². The van der Waals surface area contributed by atoms with Gasteiger partial charge in [-0.3, -0.25) is 4.79 Å². The fourth-order valence-corrected chi connectivity index (χ4v) is 3.14. The van der Waals surface area contributed by atoms with E-state index in [0.717, 1.165) is 25.7 Å². The number of aryl methyl sites for hydroxylation is 1. The van der Waals surface area contributed by atoms with E-state index in [9.17, 15) is 9.90 Å². The van der Waals surface area contributed by atoms with Crippen LogP contribution in [0.5, 0.6) is 17.2 Å². The average Bonchev–Trinajstić information content (AvgIpc) is 2.69. The average molecular weight is 400 g/mol. The van der Waals surface area contributed by atoms with Gasteiger partial charge in [-0.1, -0.05) is 30.6 Å². The SMILES string of the molecule is CCCCn1c(=O)c(OC/C=C(\C)CCC=C(C)C)c(O)c2ccc(OC)cc21. The largest absolute Gasteiger partial charge is 0.504 e. The number of fused-ring (bicyclic) bond motifs is 1. The maximum Gasteiger partial charge on any atom is 0.297 e. The van der Waals surface area contributed by atoms with Gasteiger partial charge < -0.3 is 19.1 Å². The number of pyridine rings is 1. The zero-order valence-electron chi connectivity index (χ0n) is 18.2. The van der Waals surface area contributed by atoms with Crippen molar-refractivity contribution < 1.29 is 14.6 Å². The van der Waals surface area contributed by atoms with Crippen molar-refractivity contribution in [3.63, 3.8) is 0 Å². The highest BCUT2D eigenvalue weighted by Gasteiger charge is 2.18. The zero-order chi connectivity index (χ0) is 21.4. The molecule has 0 radical (unpaired) electrons. The molecular formula is C24H33NO4. The lowest BCUT2D eigenvalue weighted by Crippen LogP contribution is -2.23. The standard InChI is InChI=1S/C24H33NO4/c1-6-7-14-25-21-16-19(28-5)11-12-20(21)22(26)23(24(25)27)29-15-13-18(4)10-8-9-17(2)3/h9,11-13,16,26H,6-8,10,14-15H2,1-5H3/b18-13+. The van der Waals surface area contributed by atoms with Gasteiger partial charge in [-0.05, 0) is 58.2 Å². The van der Waals surface area contributed by atoms with Crippen molar-refractivity contribution in [3.05, 3.63) is 51.9 Å². The molecule has 0 spiro atoms. The fraction of sp³-hybridized carbons (Fsp3) is 0.458. The van der Waals surface area contributed by atoms with Crippen LogP contribution in [0.4, 0.5) is 0 Å². The van der Waals surface area contributed by atoms with Gasteiger partial charge in [0.25, 0.3) is 5.56 Å². The van der Waals surface area contributed by atoms with Crippen molar-refractivity contribution in [2.75, 3.05) is 13.7 Å². The smallest absolute Gasteiger partial charge is 0.297 e. The number of aromatic nitrogens is 1. The number of methoxy groups -OCH3 is 1. The first-order valence-corrected chi connectivity index (χ1v) is 10.2. The van der Waals surface area contributed by atoms with Crippen LogP contribution in [-0.2, 0) is 6.54 Å². The molecule has 29 heavy (non-hydrogen) atoms. The normalized spacial score (nSPS) is 11.6. The van der Waals surface area contributed by atoms with Gasteiger partial charge in [0, 0.05) is 18.0 Å². The molecule has 0 bridgehead atoms. The Morgan fingerprint density at radius 1 is 1.21 bits per heavy atom. The number of nitrogens with zero attached hydrogens (tertiary/aromatic N) is 1. The Kier molecular flexibility index (Phi) is 8.37. The predicted octanol–water partition coefficient (Wildman–Crippen LogP) is 5.59. The lowest BCUT2D eigenvalue weighted by atomic mass is 10.1. The lowest BCUT2D eigenvalue weighted by molar-refractivity contribution is 0.328. The van der Waals surface area contributed by atoms with E-state index in [0.29, 0.717) is 23.2 Å². The third-order valence-corrected chi connectivity index (χ3v) is 4.89. The molecule has 5 nitrogen and oxygen atoms in total. The maximum atomic E-state index is 13.0. The summed E-state index contributed by atoms with van der Waals surface area (Å²) in [6.07, 6.45) is 7.92. The summed E-state index contributed by atoms with van der Waals surface area (Å²) >= 11 is 0. The van der Waals surface area contributed by atoms with E-state index in [1.54, 1.807) is 29.9 Å². The second-order valence-corrected chi connectivity index (χ2v) is 7.55. The minimum Gasteiger partial charge on any atom is -0.504 e. The summed E-state index contributed by atoms with van der Waals surface area (Å²) in [6.45, 7) is 9.11. The first kappa shape index (κ1) is 22.6. The molecule has 1 aromatic carbocycles. The van der Waals surface area contributed by atoms with Crippen molar-refractivity contribution in [1.82, 2.24) is 4.57 Å². The van der Waals surface area contributed by atoms with Crippen LogP contribution in [0.15, 0.2) is 46.3 Å². The van der Waals surface area contributed by atoms with E-state index in [2.05, 4.69) is 26.8 Å². The predicted molar refractivity (Wildman–Crippen MR) is 119 cm³/mol. The number of benzene rings is 1. The molecule has 0 atom stereocenters. The molecule has 0 amide bonds.